The van der Waals surface area contributed by atoms with Gasteiger partial charge in [-0.3, -0.25) is 14.5 Å². The van der Waals surface area contributed by atoms with Gasteiger partial charge < -0.3 is 24.4 Å². The van der Waals surface area contributed by atoms with E-state index in [4.69, 9.17) is 4.74 Å². The van der Waals surface area contributed by atoms with Crippen LogP contribution < -0.4 is 20.7 Å². The zero-order chi connectivity index (χ0) is 31.0. The molecule has 1 aromatic carbocycles. The third-order valence-electron chi connectivity index (χ3n) is 8.25. The zero-order valence-electron chi connectivity index (χ0n) is 24.9. The second kappa shape index (κ2) is 12.3. The van der Waals surface area contributed by atoms with Gasteiger partial charge >= 0.3 is 0 Å². The lowest BCUT2D eigenvalue weighted by molar-refractivity contribution is 0.0526. The van der Waals surface area contributed by atoms with E-state index in [0.717, 1.165) is 16.8 Å². The lowest BCUT2D eigenvalue weighted by atomic mass is 10.0. The molecule has 4 heterocycles. The van der Waals surface area contributed by atoms with Crippen LogP contribution in [0.2, 0.25) is 0 Å². The first-order valence-electron chi connectivity index (χ1n) is 14.2. The van der Waals surface area contributed by atoms with Gasteiger partial charge in [-0.1, -0.05) is 0 Å². The van der Waals surface area contributed by atoms with Crippen molar-refractivity contribution in [2.45, 2.75) is 45.4 Å². The largest absolute Gasteiger partial charge is 0.375 e. The first-order valence-corrected chi connectivity index (χ1v) is 14.2. The Bertz CT molecular complexity index is 1540. The number of nitrogens with one attached hydrogen (secondary N) is 1. The van der Waals surface area contributed by atoms with Crippen LogP contribution in [0.25, 0.3) is 11.1 Å². The van der Waals surface area contributed by atoms with Crippen LogP contribution in [0.5, 0.6) is 0 Å². The van der Waals surface area contributed by atoms with Crippen LogP contribution in [0.3, 0.4) is 0 Å². The van der Waals surface area contributed by atoms with E-state index in [9.17, 15) is 18.4 Å². The van der Waals surface area contributed by atoms with Crippen molar-refractivity contribution in [1.82, 2.24) is 19.4 Å². The van der Waals surface area contributed by atoms with Crippen LogP contribution in [0, 0.1) is 5.82 Å². The van der Waals surface area contributed by atoms with Crippen LogP contribution >= 0.6 is 0 Å². The summed E-state index contributed by atoms with van der Waals surface area (Å²) >= 11 is 0. The summed E-state index contributed by atoms with van der Waals surface area (Å²) in [6, 6.07) is 3.85. The molecular weight excluding hydrogens is 563 g/mol. The van der Waals surface area contributed by atoms with Crippen LogP contribution in [-0.2, 0) is 11.8 Å². The van der Waals surface area contributed by atoms with Crippen molar-refractivity contribution in [1.29, 1.82) is 0 Å². The fraction of sp³-hybridized carbons (Fsp3) is 0.467. The Morgan fingerprint density at radius 2 is 1.70 bits per heavy atom. The number of hydrogen-bond donors (Lipinski definition) is 1. The molecule has 2 saturated heterocycles. The van der Waals surface area contributed by atoms with Gasteiger partial charge in [0.1, 0.15) is 5.82 Å². The quantitative estimate of drug-likeness (QED) is 0.456. The molecule has 0 saturated carbocycles. The summed E-state index contributed by atoms with van der Waals surface area (Å²) in [6.07, 6.45) is 1.12. The third-order valence-corrected chi connectivity index (χ3v) is 8.25. The topological polar surface area (TPSA) is 95.8 Å². The van der Waals surface area contributed by atoms with E-state index in [0.29, 0.717) is 50.0 Å². The Balaban J connectivity index is 1.54. The standard InChI is InChI=1S/C30H36F3N7O3/c1-17-13-40(14-18(2)38(17)5)26-10-24(31)21(20-11-34-30(35-12-20)39-6-7-43-19(3)15-39)8-25(26)36-29(42)23-16-37(4)27(41)9-22(23)28(32)33/h8-12,16-19,28H,6-7,13-15H2,1-5H3,(H,36,42)/t17-,18+,19-/m1/s1. The molecule has 0 unspecified atom stereocenters. The summed E-state index contributed by atoms with van der Waals surface area (Å²) in [7, 11) is 3.40. The number of alkyl halides is 2. The Labute approximate surface area is 248 Å². The molecule has 0 radical (unpaired) electrons. The number of aryl methyl sites for hydroxylation is 1. The molecular formula is C30H36F3N7O3. The van der Waals surface area contributed by atoms with Crippen molar-refractivity contribution in [2.24, 2.45) is 7.05 Å². The maximum atomic E-state index is 15.8. The number of halogens is 3. The first kappa shape index (κ1) is 30.5. The van der Waals surface area contributed by atoms with E-state index in [-0.39, 0.29) is 35.0 Å². The van der Waals surface area contributed by atoms with Crippen LogP contribution in [0.4, 0.5) is 30.5 Å². The van der Waals surface area contributed by atoms with Crippen LogP contribution in [0.1, 0.15) is 43.1 Å². The Morgan fingerprint density at radius 1 is 1.02 bits per heavy atom. The fourth-order valence-electron chi connectivity index (χ4n) is 5.57. The van der Waals surface area contributed by atoms with Gasteiger partial charge in [0.05, 0.1) is 29.6 Å². The first-order chi connectivity index (χ1) is 20.4. The Kier molecular flexibility index (Phi) is 8.74. The Hall–Kier alpha value is -3.97. The number of carbonyl (C=O) groups is 1. The molecule has 3 aromatic rings. The van der Waals surface area contributed by atoms with Gasteiger partial charge in [-0.2, -0.15) is 0 Å². The summed E-state index contributed by atoms with van der Waals surface area (Å²) in [5, 5.41) is 2.74. The fourth-order valence-corrected chi connectivity index (χ4v) is 5.57. The molecule has 43 heavy (non-hydrogen) atoms. The number of amides is 1. The molecule has 3 atom stereocenters. The van der Waals surface area contributed by atoms with Crippen molar-refractivity contribution in [2.75, 3.05) is 55.0 Å². The molecule has 13 heteroatoms. The molecule has 1 amide bonds. The third kappa shape index (κ3) is 6.37. The number of likely N-dealkylation sites (N-methyl/N-ethyl adjacent to an activating group) is 1. The average molecular weight is 600 g/mol. The lowest BCUT2D eigenvalue weighted by Crippen LogP contribution is -2.55. The lowest BCUT2D eigenvalue weighted by Gasteiger charge is -2.44. The van der Waals surface area contributed by atoms with Gasteiger partial charge in [-0.05, 0) is 40.0 Å². The number of ether oxygens (including phenoxy) is 1. The molecule has 0 bridgehead atoms. The van der Waals surface area contributed by atoms with E-state index >= 15 is 4.39 Å². The number of morpholine rings is 1. The average Bonchev–Trinajstić information content (AvgIpc) is 2.97. The van der Waals surface area contributed by atoms with Crippen molar-refractivity contribution < 1.29 is 22.7 Å². The summed E-state index contributed by atoms with van der Waals surface area (Å²) in [6.45, 7) is 9.01. The van der Waals surface area contributed by atoms with E-state index < -0.39 is 29.3 Å². The van der Waals surface area contributed by atoms with Gasteiger partial charge in [0, 0.05) is 86.7 Å². The number of carbonyl (C=O) groups excluding carboxylic acids is 1. The molecule has 2 aromatic heterocycles. The van der Waals surface area contributed by atoms with Gasteiger partial charge in [-0.15, -0.1) is 0 Å². The van der Waals surface area contributed by atoms with Gasteiger partial charge in [0.25, 0.3) is 17.9 Å². The normalized spacial score (nSPS) is 21.4. The number of pyridine rings is 1. The maximum Gasteiger partial charge on any atom is 0.264 e. The number of rotatable bonds is 6. The number of piperazine rings is 1. The summed E-state index contributed by atoms with van der Waals surface area (Å²) in [5.41, 5.74) is -0.484. The highest BCUT2D eigenvalue weighted by atomic mass is 19.3. The second-order valence-corrected chi connectivity index (χ2v) is 11.4. The van der Waals surface area contributed by atoms with Gasteiger partial charge in [0.15, 0.2) is 0 Å². The highest BCUT2D eigenvalue weighted by molar-refractivity contribution is 6.07. The molecule has 0 aliphatic carbocycles. The van der Waals surface area contributed by atoms with Crippen molar-refractivity contribution >= 4 is 23.2 Å². The molecule has 2 aliphatic rings. The van der Waals surface area contributed by atoms with Crippen LogP contribution in [-0.4, -0.2) is 83.4 Å². The van der Waals surface area contributed by atoms with E-state index in [2.05, 4.69) is 34.0 Å². The molecule has 1 N–H and O–H groups in total. The minimum absolute atomic E-state index is 0.0332. The molecule has 230 valence electrons. The minimum atomic E-state index is -3.04. The molecule has 2 aliphatic heterocycles. The number of anilines is 3. The van der Waals surface area contributed by atoms with Crippen molar-refractivity contribution in [3.05, 3.63) is 64.1 Å². The second-order valence-electron chi connectivity index (χ2n) is 11.4. The van der Waals surface area contributed by atoms with Crippen LogP contribution in [0.15, 0.2) is 41.6 Å². The minimum Gasteiger partial charge on any atom is -0.375 e. The number of hydrogen-bond acceptors (Lipinski definition) is 8. The predicted molar refractivity (Wildman–Crippen MR) is 159 cm³/mol. The summed E-state index contributed by atoms with van der Waals surface area (Å²) in [5.74, 6) is -0.883. The summed E-state index contributed by atoms with van der Waals surface area (Å²) < 4.78 is 50.1. The van der Waals surface area contributed by atoms with E-state index in [1.807, 2.05) is 23.8 Å². The van der Waals surface area contributed by atoms with Crippen molar-refractivity contribution in [3.8, 4) is 11.1 Å². The van der Waals surface area contributed by atoms with Gasteiger partial charge in [-0.25, -0.2) is 23.1 Å². The number of benzene rings is 1. The predicted octanol–water partition coefficient (Wildman–Crippen LogP) is 3.93. The van der Waals surface area contributed by atoms with Gasteiger partial charge in [0.2, 0.25) is 5.95 Å². The smallest absolute Gasteiger partial charge is 0.264 e. The molecule has 5 rings (SSSR count). The maximum absolute atomic E-state index is 15.8. The number of nitrogens with zero attached hydrogens (tertiary/aromatic N) is 6. The highest BCUT2D eigenvalue weighted by Crippen LogP contribution is 2.36. The zero-order valence-corrected chi connectivity index (χ0v) is 24.9. The monoisotopic (exact) mass is 599 g/mol. The van der Waals surface area contributed by atoms with Crippen molar-refractivity contribution in [3.63, 3.8) is 0 Å². The molecule has 2 fully saturated rings. The van der Waals surface area contributed by atoms with E-state index in [1.54, 1.807) is 0 Å². The highest BCUT2D eigenvalue weighted by Gasteiger charge is 2.30. The Morgan fingerprint density at radius 3 is 2.33 bits per heavy atom. The van der Waals surface area contributed by atoms with E-state index in [1.165, 1.54) is 31.6 Å². The number of aromatic nitrogens is 3. The summed E-state index contributed by atoms with van der Waals surface area (Å²) in [4.78, 5) is 40.6. The molecule has 10 nitrogen and oxygen atoms in total. The molecule has 0 spiro atoms. The SMILES string of the molecule is C[C@@H]1CN(c2ncc(-c3cc(NC(=O)c4cn(C)c(=O)cc4C(F)F)c(N4C[C@@H](C)N(C)[C@@H](C)C4)cc3F)cn2)CCO1.